The van der Waals surface area contributed by atoms with Gasteiger partial charge in [0.25, 0.3) is 0 Å². The van der Waals surface area contributed by atoms with Crippen LogP contribution < -0.4 is 0 Å². The molecule has 1 aromatic carbocycles. The molecule has 0 radical (unpaired) electrons. The topological polar surface area (TPSA) is 44.8 Å². The molecule has 22 heavy (non-hydrogen) atoms. The Hall–Kier alpha value is 0.250. The second kappa shape index (κ2) is 10.2. The number of hydrogen-bond donors (Lipinski definition) is 0. The zero-order chi connectivity index (χ0) is 16.6. The van der Waals surface area contributed by atoms with Crippen LogP contribution >= 0.6 is 44.4 Å². The molecule has 0 aliphatic carbocycles. The largest absolute Gasteiger partial charge is 0.469 e. The molecule has 2 atom stereocenters. The average molecular weight is 503 g/mol. The molecule has 2 unspecified atom stereocenters. The van der Waals surface area contributed by atoms with Gasteiger partial charge in [-0.3, -0.25) is 4.79 Å². The summed E-state index contributed by atoms with van der Waals surface area (Å²) in [4.78, 5) is 11.6. The minimum Gasteiger partial charge on any atom is -0.469 e. The van der Waals surface area contributed by atoms with E-state index in [0.29, 0.717) is 19.7 Å². The Kier molecular flexibility index (Phi) is 9.40. The van der Waals surface area contributed by atoms with Crippen molar-refractivity contribution in [3.8, 4) is 0 Å². The fraction of sp³-hybridized carbons (Fsp3) is 0.533. The minimum atomic E-state index is -0.633. The zero-order valence-corrected chi connectivity index (χ0v) is 17.6. The van der Waals surface area contributed by atoms with Crippen LogP contribution in [0.15, 0.2) is 28.7 Å². The summed E-state index contributed by atoms with van der Waals surface area (Å²) in [5, 5.41) is 0. The number of benzene rings is 1. The van der Waals surface area contributed by atoms with E-state index >= 15 is 0 Å². The Morgan fingerprint density at radius 3 is 2.77 bits per heavy atom. The molecule has 1 rings (SSSR count). The molecule has 4 nitrogen and oxygen atoms in total. The molecule has 0 heterocycles. The van der Waals surface area contributed by atoms with Crippen LogP contribution in [0.2, 0.25) is 0 Å². The Labute approximate surface area is 155 Å². The second-order valence-corrected chi connectivity index (χ2v) is 8.08. The molecular formula is C15H21BrIO4P. The van der Waals surface area contributed by atoms with E-state index in [1.807, 2.05) is 32.0 Å². The van der Waals surface area contributed by atoms with E-state index in [0.717, 1.165) is 16.5 Å². The summed E-state index contributed by atoms with van der Waals surface area (Å²) in [6.45, 7) is 4.87. The molecule has 0 saturated heterocycles. The van der Waals surface area contributed by atoms with Gasteiger partial charge < -0.3 is 14.0 Å². The number of ether oxygens (including phenoxy) is 2. The monoisotopic (exact) mass is 502 g/mol. The van der Waals surface area contributed by atoms with Gasteiger partial charge in [0.15, 0.2) is 0 Å². The van der Waals surface area contributed by atoms with Crippen LogP contribution in [0.4, 0.5) is 0 Å². The highest BCUT2D eigenvalue weighted by molar-refractivity contribution is 14.2. The fourth-order valence-corrected chi connectivity index (χ4v) is 3.61. The van der Waals surface area contributed by atoms with Gasteiger partial charge in [-0.05, 0) is 53.6 Å². The van der Waals surface area contributed by atoms with Gasteiger partial charge in [0.1, 0.15) is 0 Å². The summed E-state index contributed by atoms with van der Waals surface area (Å²) < 4.78 is 17.3. The molecular weight excluding hydrogens is 482 g/mol. The highest BCUT2D eigenvalue weighted by Crippen LogP contribution is 2.34. The SMILES string of the molecule is COC(=O)C(C)(C)COCCC(OPI)c1cccc(Br)c1. The van der Waals surface area contributed by atoms with Gasteiger partial charge in [-0.25, -0.2) is 0 Å². The van der Waals surface area contributed by atoms with E-state index in [9.17, 15) is 4.79 Å². The highest BCUT2D eigenvalue weighted by Gasteiger charge is 2.29. The molecule has 1 aromatic rings. The third kappa shape index (κ3) is 6.79. The fourth-order valence-electron chi connectivity index (χ4n) is 1.91. The molecule has 0 amide bonds. The lowest BCUT2D eigenvalue weighted by atomic mass is 9.95. The number of esters is 1. The summed E-state index contributed by atoms with van der Waals surface area (Å²) in [7, 11) is 1.39. The first kappa shape index (κ1) is 20.3. The van der Waals surface area contributed by atoms with Gasteiger partial charge in [0, 0.05) is 17.5 Å². The molecule has 0 saturated carbocycles. The van der Waals surface area contributed by atoms with Gasteiger partial charge in [-0.2, -0.15) is 0 Å². The lowest BCUT2D eigenvalue weighted by Crippen LogP contribution is -2.31. The maximum Gasteiger partial charge on any atom is 0.313 e. The molecule has 0 aliphatic heterocycles. The van der Waals surface area contributed by atoms with Gasteiger partial charge in [-0.15, -0.1) is 0 Å². The molecule has 0 bridgehead atoms. The summed E-state index contributed by atoms with van der Waals surface area (Å²) in [5.41, 5.74) is 0.487. The van der Waals surface area contributed by atoms with Gasteiger partial charge in [0.05, 0.1) is 31.7 Å². The van der Waals surface area contributed by atoms with Crippen molar-refractivity contribution in [2.24, 2.45) is 5.41 Å². The van der Waals surface area contributed by atoms with Crippen molar-refractivity contribution in [1.29, 1.82) is 0 Å². The van der Waals surface area contributed by atoms with Crippen molar-refractivity contribution in [1.82, 2.24) is 0 Å². The number of hydrogen-bond acceptors (Lipinski definition) is 4. The lowest BCUT2D eigenvalue weighted by molar-refractivity contribution is -0.154. The number of halogens is 2. The van der Waals surface area contributed by atoms with Crippen molar-refractivity contribution >= 4 is 50.4 Å². The van der Waals surface area contributed by atoms with E-state index < -0.39 is 5.41 Å². The molecule has 124 valence electrons. The van der Waals surface area contributed by atoms with Crippen molar-refractivity contribution in [3.05, 3.63) is 34.3 Å². The average Bonchev–Trinajstić information content (AvgIpc) is 2.49. The van der Waals surface area contributed by atoms with Crippen LogP contribution in [0.25, 0.3) is 0 Å². The molecule has 0 spiro atoms. The van der Waals surface area contributed by atoms with Crippen LogP contribution in [0.1, 0.15) is 31.9 Å². The third-order valence-electron chi connectivity index (χ3n) is 3.13. The summed E-state index contributed by atoms with van der Waals surface area (Å²) in [6.07, 6.45) is 0.734. The van der Waals surface area contributed by atoms with E-state index in [4.69, 9.17) is 14.0 Å². The number of rotatable bonds is 9. The maximum atomic E-state index is 11.6. The van der Waals surface area contributed by atoms with Crippen molar-refractivity contribution in [2.45, 2.75) is 26.4 Å². The Bertz CT molecular complexity index is 484. The lowest BCUT2D eigenvalue weighted by Gasteiger charge is -2.22. The van der Waals surface area contributed by atoms with Crippen molar-refractivity contribution in [2.75, 3.05) is 20.3 Å². The smallest absolute Gasteiger partial charge is 0.313 e. The Balaban J connectivity index is 2.51. The van der Waals surface area contributed by atoms with E-state index in [-0.39, 0.29) is 12.1 Å². The maximum absolute atomic E-state index is 11.6. The van der Waals surface area contributed by atoms with Crippen LogP contribution in [-0.2, 0) is 18.8 Å². The van der Waals surface area contributed by atoms with Crippen molar-refractivity contribution < 1.29 is 18.8 Å². The van der Waals surface area contributed by atoms with Crippen LogP contribution in [0.5, 0.6) is 0 Å². The van der Waals surface area contributed by atoms with Gasteiger partial charge in [-0.1, -0.05) is 28.1 Å². The number of methoxy groups -OCH3 is 1. The number of carbonyl (C=O) groups excluding carboxylic acids is 1. The first-order valence-electron chi connectivity index (χ1n) is 6.83. The second-order valence-electron chi connectivity index (χ2n) is 5.46. The predicted molar refractivity (Wildman–Crippen MR) is 102 cm³/mol. The predicted octanol–water partition coefficient (Wildman–Crippen LogP) is 5.06. The summed E-state index contributed by atoms with van der Waals surface area (Å²) >= 11 is 5.69. The van der Waals surface area contributed by atoms with Crippen molar-refractivity contribution in [3.63, 3.8) is 0 Å². The van der Waals surface area contributed by atoms with Gasteiger partial charge >= 0.3 is 5.97 Å². The Morgan fingerprint density at radius 1 is 1.45 bits per heavy atom. The third-order valence-corrected chi connectivity index (χ3v) is 4.76. The molecule has 0 aliphatic rings. The molecule has 0 N–H and O–H groups in total. The highest BCUT2D eigenvalue weighted by atomic mass is 127. The summed E-state index contributed by atoms with van der Waals surface area (Å²) in [6, 6.07) is 8.08. The molecule has 0 fully saturated rings. The zero-order valence-electron chi connectivity index (χ0n) is 12.9. The molecule has 0 aromatic heterocycles. The standard InChI is InChI=1S/C15H21BrIO4P/c1-15(2,14(18)19-3)10-20-8-7-13(21-22-17)11-5-4-6-12(16)9-11/h4-6,9,13,22H,7-8,10H2,1-3H3. The van der Waals surface area contributed by atoms with E-state index in [1.165, 1.54) is 7.11 Å². The quantitative estimate of drug-likeness (QED) is 0.205. The van der Waals surface area contributed by atoms with Crippen LogP contribution in [0, 0.1) is 5.41 Å². The van der Waals surface area contributed by atoms with Crippen LogP contribution in [0.3, 0.4) is 0 Å². The Morgan fingerprint density at radius 2 is 2.18 bits per heavy atom. The van der Waals surface area contributed by atoms with Crippen LogP contribution in [-0.4, -0.2) is 26.3 Å². The van der Waals surface area contributed by atoms with E-state index in [2.05, 4.69) is 44.0 Å². The summed E-state index contributed by atoms with van der Waals surface area (Å²) in [5.74, 6) is -0.263. The first-order valence-corrected chi connectivity index (χ1v) is 11.6. The van der Waals surface area contributed by atoms with E-state index in [1.54, 1.807) is 0 Å². The normalized spacial score (nSPS) is 13.5. The molecule has 7 heteroatoms. The number of carbonyl (C=O) groups is 1. The minimum absolute atomic E-state index is 0.00558. The van der Waals surface area contributed by atoms with Gasteiger partial charge in [0.2, 0.25) is 0 Å². The first-order chi connectivity index (χ1) is 10.4.